The van der Waals surface area contributed by atoms with Crippen molar-refractivity contribution in [3.63, 3.8) is 0 Å². The summed E-state index contributed by atoms with van der Waals surface area (Å²) in [4.78, 5) is 0. The molecule has 0 aliphatic rings. The van der Waals surface area contributed by atoms with E-state index in [0.717, 1.165) is 5.56 Å². The van der Waals surface area contributed by atoms with Crippen LogP contribution in [0, 0.1) is 0 Å². The summed E-state index contributed by atoms with van der Waals surface area (Å²) in [6, 6.07) is 7.46. The van der Waals surface area contributed by atoms with Gasteiger partial charge in [-0.25, -0.2) is 8.42 Å². The van der Waals surface area contributed by atoms with Crippen LogP contribution in [0.25, 0.3) is 0 Å². The second kappa shape index (κ2) is 5.41. The van der Waals surface area contributed by atoms with E-state index in [9.17, 15) is 8.42 Å². The Morgan fingerprint density at radius 1 is 1.17 bits per heavy atom. The van der Waals surface area contributed by atoms with E-state index in [1.165, 1.54) is 5.56 Å². The molecule has 0 saturated carbocycles. The molecule has 0 radical (unpaired) electrons. The molecule has 0 amide bonds. The molecule has 0 aliphatic carbocycles. The number of rotatable bonds is 4. The van der Waals surface area contributed by atoms with Crippen LogP contribution in [0.1, 0.15) is 44.9 Å². The SMILES string of the molecule is CCS(=O)(=O)CC(N)c1ccc(C(C)(C)C)cc1. The van der Waals surface area contributed by atoms with E-state index in [-0.39, 0.29) is 16.9 Å². The Hall–Kier alpha value is -0.870. The lowest BCUT2D eigenvalue weighted by Crippen LogP contribution is -2.23. The molecule has 2 N–H and O–H groups in total. The van der Waals surface area contributed by atoms with Crippen molar-refractivity contribution in [3.05, 3.63) is 35.4 Å². The lowest BCUT2D eigenvalue weighted by molar-refractivity contribution is 0.586. The Morgan fingerprint density at radius 2 is 1.67 bits per heavy atom. The number of benzene rings is 1. The summed E-state index contributed by atoms with van der Waals surface area (Å²) in [7, 11) is -3.03. The van der Waals surface area contributed by atoms with Crippen molar-refractivity contribution in [1.29, 1.82) is 0 Å². The largest absolute Gasteiger partial charge is 0.323 e. The summed E-state index contributed by atoms with van der Waals surface area (Å²) >= 11 is 0. The average Bonchev–Trinajstić information content (AvgIpc) is 2.27. The fourth-order valence-corrected chi connectivity index (χ4v) is 2.69. The van der Waals surface area contributed by atoms with Crippen LogP contribution < -0.4 is 5.73 Å². The Labute approximate surface area is 110 Å². The van der Waals surface area contributed by atoms with Crippen molar-refractivity contribution in [1.82, 2.24) is 0 Å². The van der Waals surface area contributed by atoms with Crippen LogP contribution in [0.3, 0.4) is 0 Å². The van der Waals surface area contributed by atoms with E-state index in [1.54, 1.807) is 6.92 Å². The lowest BCUT2D eigenvalue weighted by atomic mass is 9.86. The van der Waals surface area contributed by atoms with Crippen LogP contribution >= 0.6 is 0 Å². The zero-order valence-corrected chi connectivity index (χ0v) is 12.4. The van der Waals surface area contributed by atoms with Crippen LogP contribution in [0.4, 0.5) is 0 Å². The van der Waals surface area contributed by atoms with Gasteiger partial charge in [0.15, 0.2) is 9.84 Å². The Balaban J connectivity index is 2.86. The van der Waals surface area contributed by atoms with Crippen molar-refractivity contribution in [2.45, 2.75) is 39.2 Å². The molecule has 1 unspecified atom stereocenters. The summed E-state index contributed by atoms with van der Waals surface area (Å²) in [5.74, 6) is 0.152. The quantitative estimate of drug-likeness (QED) is 0.913. The molecule has 4 heteroatoms. The van der Waals surface area contributed by atoms with Crippen molar-refractivity contribution < 1.29 is 8.42 Å². The van der Waals surface area contributed by atoms with Gasteiger partial charge in [-0.05, 0) is 16.5 Å². The first-order valence-corrected chi connectivity index (χ1v) is 8.04. The minimum Gasteiger partial charge on any atom is -0.323 e. The average molecular weight is 269 g/mol. The number of hydrogen-bond donors (Lipinski definition) is 1. The minimum absolute atomic E-state index is 0.0123. The molecule has 3 nitrogen and oxygen atoms in total. The predicted molar refractivity (Wildman–Crippen MR) is 76.4 cm³/mol. The van der Waals surface area contributed by atoms with Crippen LogP contribution in [0.15, 0.2) is 24.3 Å². The molecular weight excluding hydrogens is 246 g/mol. The molecule has 0 bridgehead atoms. The van der Waals surface area contributed by atoms with Crippen LogP contribution in [0.5, 0.6) is 0 Å². The molecule has 0 saturated heterocycles. The van der Waals surface area contributed by atoms with Gasteiger partial charge in [0.1, 0.15) is 0 Å². The fourth-order valence-electron chi connectivity index (χ4n) is 1.72. The molecule has 18 heavy (non-hydrogen) atoms. The molecule has 1 atom stereocenters. The topological polar surface area (TPSA) is 60.2 Å². The molecular formula is C14H23NO2S. The Morgan fingerprint density at radius 3 is 2.06 bits per heavy atom. The summed E-state index contributed by atoms with van der Waals surface area (Å²) in [6.45, 7) is 8.07. The maximum absolute atomic E-state index is 11.5. The smallest absolute Gasteiger partial charge is 0.151 e. The molecule has 0 aromatic heterocycles. The Bertz CT molecular complexity index is 484. The van der Waals surface area contributed by atoms with Gasteiger partial charge in [0.2, 0.25) is 0 Å². The summed E-state index contributed by atoms with van der Waals surface area (Å²) in [5, 5.41) is 0. The number of nitrogens with two attached hydrogens (primary N) is 1. The van der Waals surface area contributed by atoms with Gasteiger partial charge in [-0.1, -0.05) is 52.0 Å². The van der Waals surface area contributed by atoms with Crippen molar-refractivity contribution in [2.75, 3.05) is 11.5 Å². The van der Waals surface area contributed by atoms with Gasteiger partial charge < -0.3 is 5.73 Å². The first-order valence-electron chi connectivity index (χ1n) is 6.22. The first-order chi connectivity index (χ1) is 8.15. The van der Waals surface area contributed by atoms with Gasteiger partial charge in [0.25, 0.3) is 0 Å². The van der Waals surface area contributed by atoms with E-state index in [1.807, 2.05) is 24.3 Å². The van der Waals surface area contributed by atoms with Gasteiger partial charge in [-0.2, -0.15) is 0 Å². The van der Waals surface area contributed by atoms with Crippen molar-refractivity contribution >= 4 is 9.84 Å². The molecule has 1 rings (SSSR count). The fraction of sp³-hybridized carbons (Fsp3) is 0.571. The molecule has 0 fully saturated rings. The Kier molecular flexibility index (Phi) is 4.56. The molecule has 102 valence electrons. The van der Waals surface area contributed by atoms with Gasteiger partial charge in [-0.15, -0.1) is 0 Å². The van der Waals surface area contributed by atoms with E-state index in [2.05, 4.69) is 20.8 Å². The molecule has 0 spiro atoms. The predicted octanol–water partition coefficient (Wildman–Crippen LogP) is 2.42. The van der Waals surface area contributed by atoms with E-state index >= 15 is 0 Å². The third-order valence-corrected chi connectivity index (χ3v) is 4.82. The third-order valence-electron chi connectivity index (χ3n) is 3.08. The monoisotopic (exact) mass is 269 g/mol. The van der Waals surface area contributed by atoms with E-state index in [0.29, 0.717) is 0 Å². The van der Waals surface area contributed by atoms with Crippen LogP contribution in [0.2, 0.25) is 0 Å². The lowest BCUT2D eigenvalue weighted by Gasteiger charge is -2.20. The highest BCUT2D eigenvalue weighted by Gasteiger charge is 2.17. The molecule has 0 aliphatic heterocycles. The summed E-state index contributed by atoms with van der Waals surface area (Å²) in [5.41, 5.74) is 8.13. The summed E-state index contributed by atoms with van der Waals surface area (Å²) < 4.78 is 23.1. The normalized spacial score (nSPS) is 14.5. The van der Waals surface area contributed by atoms with Gasteiger partial charge in [0.05, 0.1) is 5.75 Å². The highest BCUT2D eigenvalue weighted by atomic mass is 32.2. The van der Waals surface area contributed by atoms with Gasteiger partial charge >= 0.3 is 0 Å². The zero-order valence-electron chi connectivity index (χ0n) is 11.6. The molecule has 1 aromatic rings. The van der Waals surface area contributed by atoms with Crippen molar-refractivity contribution in [2.24, 2.45) is 5.73 Å². The van der Waals surface area contributed by atoms with Crippen LogP contribution in [-0.4, -0.2) is 19.9 Å². The molecule has 0 heterocycles. The number of sulfone groups is 1. The maximum atomic E-state index is 11.5. The van der Waals surface area contributed by atoms with Gasteiger partial charge in [-0.3, -0.25) is 0 Å². The number of hydrogen-bond acceptors (Lipinski definition) is 3. The highest BCUT2D eigenvalue weighted by Crippen LogP contribution is 2.23. The van der Waals surface area contributed by atoms with Crippen LogP contribution in [-0.2, 0) is 15.3 Å². The highest BCUT2D eigenvalue weighted by molar-refractivity contribution is 7.91. The third kappa shape index (κ3) is 4.10. The standard InChI is InChI=1S/C14H23NO2S/c1-5-18(16,17)10-13(15)11-6-8-12(9-7-11)14(2,3)4/h6-9,13H,5,10,15H2,1-4H3. The first kappa shape index (κ1) is 15.2. The maximum Gasteiger partial charge on any atom is 0.151 e. The van der Waals surface area contributed by atoms with Crippen molar-refractivity contribution in [3.8, 4) is 0 Å². The zero-order chi connectivity index (χ0) is 14.0. The minimum atomic E-state index is -3.03. The second-order valence-electron chi connectivity index (χ2n) is 5.68. The molecule has 1 aromatic carbocycles. The summed E-state index contributed by atoms with van der Waals surface area (Å²) in [6.07, 6.45) is 0. The van der Waals surface area contributed by atoms with E-state index < -0.39 is 15.9 Å². The van der Waals surface area contributed by atoms with E-state index in [4.69, 9.17) is 5.73 Å². The second-order valence-corrected chi connectivity index (χ2v) is 8.08. The van der Waals surface area contributed by atoms with Gasteiger partial charge in [0, 0.05) is 11.8 Å².